The Morgan fingerprint density at radius 2 is 2.25 bits per heavy atom. The van der Waals surface area contributed by atoms with Gasteiger partial charge in [-0.3, -0.25) is 0 Å². The fraction of sp³-hybridized carbons (Fsp3) is 0.625. The lowest BCUT2D eigenvalue weighted by Crippen LogP contribution is -2.43. The molecule has 0 aromatic heterocycles. The van der Waals surface area contributed by atoms with E-state index >= 15 is 0 Å². The van der Waals surface area contributed by atoms with E-state index in [-0.39, 0.29) is 22.4 Å². The van der Waals surface area contributed by atoms with Gasteiger partial charge < -0.3 is 10.1 Å². The van der Waals surface area contributed by atoms with Crippen molar-refractivity contribution in [2.45, 2.75) is 45.8 Å². The largest absolute Gasteiger partial charge is 0.378 e. The molecule has 2 unspecified atom stereocenters. The highest BCUT2D eigenvalue weighted by molar-refractivity contribution is 6.30. The van der Waals surface area contributed by atoms with Gasteiger partial charge in [0, 0.05) is 24.6 Å². The first kappa shape index (κ1) is 15.7. The Balaban J connectivity index is 2.17. The molecule has 1 N–H and O–H groups in total. The van der Waals surface area contributed by atoms with Gasteiger partial charge in [-0.1, -0.05) is 31.5 Å². The Hall–Kier alpha value is -0.640. The maximum atomic E-state index is 13.6. The fourth-order valence-corrected chi connectivity index (χ4v) is 2.93. The summed E-state index contributed by atoms with van der Waals surface area (Å²) in [6, 6.07) is 5.52. The van der Waals surface area contributed by atoms with Gasteiger partial charge in [0.25, 0.3) is 0 Å². The molecule has 2 rings (SSSR count). The van der Waals surface area contributed by atoms with Gasteiger partial charge in [0.15, 0.2) is 0 Å². The Morgan fingerprint density at radius 3 is 2.80 bits per heavy atom. The second-order valence-electron chi connectivity index (χ2n) is 6.09. The first-order valence-electron chi connectivity index (χ1n) is 7.22. The molecule has 0 radical (unpaired) electrons. The van der Waals surface area contributed by atoms with Crippen LogP contribution in [0.3, 0.4) is 0 Å². The number of benzene rings is 1. The molecular formula is C16H23ClFNO. The second kappa shape index (κ2) is 6.42. The van der Waals surface area contributed by atoms with E-state index in [1.54, 1.807) is 12.1 Å². The normalized spacial score (nSPS) is 26.4. The molecule has 0 bridgehead atoms. The first-order chi connectivity index (χ1) is 9.43. The van der Waals surface area contributed by atoms with E-state index in [1.807, 2.05) is 6.07 Å². The summed E-state index contributed by atoms with van der Waals surface area (Å²) in [7, 11) is 0. The number of rotatable bonds is 5. The summed E-state index contributed by atoms with van der Waals surface area (Å²) < 4.78 is 19.4. The van der Waals surface area contributed by atoms with Gasteiger partial charge in [-0.05, 0) is 37.5 Å². The molecule has 1 heterocycles. The summed E-state index contributed by atoms with van der Waals surface area (Å²) in [6.07, 6.45) is 1.98. The van der Waals surface area contributed by atoms with Crippen LogP contribution >= 0.6 is 11.6 Å². The SMILES string of the molecule is CC(C)NCC1(Cc2ccc(Cl)c(F)c2)CCOC1C. The summed E-state index contributed by atoms with van der Waals surface area (Å²) >= 11 is 5.75. The monoisotopic (exact) mass is 299 g/mol. The van der Waals surface area contributed by atoms with Gasteiger partial charge in [0.1, 0.15) is 5.82 Å². The Labute approximate surface area is 125 Å². The van der Waals surface area contributed by atoms with E-state index in [9.17, 15) is 4.39 Å². The van der Waals surface area contributed by atoms with Crippen LogP contribution in [0.25, 0.3) is 0 Å². The van der Waals surface area contributed by atoms with Crippen LogP contribution in [0.5, 0.6) is 0 Å². The number of hydrogen-bond acceptors (Lipinski definition) is 2. The van der Waals surface area contributed by atoms with E-state index < -0.39 is 0 Å². The van der Waals surface area contributed by atoms with Crippen molar-refractivity contribution in [2.75, 3.05) is 13.2 Å². The first-order valence-corrected chi connectivity index (χ1v) is 7.60. The van der Waals surface area contributed by atoms with E-state index in [1.165, 1.54) is 0 Å². The molecule has 2 atom stereocenters. The van der Waals surface area contributed by atoms with Gasteiger partial charge in [-0.25, -0.2) is 4.39 Å². The van der Waals surface area contributed by atoms with Crippen molar-refractivity contribution in [1.29, 1.82) is 0 Å². The van der Waals surface area contributed by atoms with Crippen LogP contribution in [0.1, 0.15) is 32.8 Å². The highest BCUT2D eigenvalue weighted by atomic mass is 35.5. The molecule has 1 saturated heterocycles. The molecule has 0 saturated carbocycles. The molecule has 2 nitrogen and oxygen atoms in total. The maximum absolute atomic E-state index is 13.6. The maximum Gasteiger partial charge on any atom is 0.142 e. The van der Waals surface area contributed by atoms with Crippen molar-refractivity contribution in [3.8, 4) is 0 Å². The van der Waals surface area contributed by atoms with Gasteiger partial charge >= 0.3 is 0 Å². The number of nitrogens with one attached hydrogen (secondary N) is 1. The third kappa shape index (κ3) is 3.51. The van der Waals surface area contributed by atoms with E-state index in [0.717, 1.165) is 31.6 Å². The third-order valence-electron chi connectivity index (χ3n) is 4.23. The zero-order valence-electron chi connectivity index (χ0n) is 12.4. The average molecular weight is 300 g/mol. The van der Waals surface area contributed by atoms with Crippen LogP contribution in [0, 0.1) is 11.2 Å². The molecule has 1 aliphatic rings. The molecule has 1 fully saturated rings. The lowest BCUT2D eigenvalue weighted by atomic mass is 9.76. The van der Waals surface area contributed by atoms with Crippen molar-refractivity contribution in [1.82, 2.24) is 5.32 Å². The van der Waals surface area contributed by atoms with Crippen molar-refractivity contribution < 1.29 is 9.13 Å². The van der Waals surface area contributed by atoms with Crippen LogP contribution < -0.4 is 5.32 Å². The topological polar surface area (TPSA) is 21.3 Å². The minimum absolute atomic E-state index is 0.0323. The summed E-state index contributed by atoms with van der Waals surface area (Å²) in [5.74, 6) is -0.345. The second-order valence-corrected chi connectivity index (χ2v) is 6.49. The summed E-state index contributed by atoms with van der Waals surface area (Å²) in [5.41, 5.74) is 1.01. The lowest BCUT2D eigenvalue weighted by Gasteiger charge is -2.33. The predicted octanol–water partition coefficient (Wildman–Crippen LogP) is 3.81. The Morgan fingerprint density at radius 1 is 1.50 bits per heavy atom. The zero-order chi connectivity index (χ0) is 14.8. The van der Waals surface area contributed by atoms with Gasteiger partial charge in [0.05, 0.1) is 11.1 Å². The molecule has 1 aliphatic heterocycles. The van der Waals surface area contributed by atoms with E-state index in [2.05, 4.69) is 26.1 Å². The third-order valence-corrected chi connectivity index (χ3v) is 4.54. The summed E-state index contributed by atoms with van der Waals surface area (Å²) in [5, 5.41) is 3.68. The predicted molar refractivity (Wildman–Crippen MR) is 80.7 cm³/mol. The minimum Gasteiger partial charge on any atom is -0.378 e. The molecular weight excluding hydrogens is 277 g/mol. The molecule has 0 amide bonds. The fourth-order valence-electron chi connectivity index (χ4n) is 2.81. The molecule has 1 aromatic carbocycles. The highest BCUT2D eigenvalue weighted by Crippen LogP contribution is 2.38. The summed E-state index contributed by atoms with van der Waals surface area (Å²) in [6.45, 7) is 8.04. The average Bonchev–Trinajstić information content (AvgIpc) is 2.74. The van der Waals surface area contributed by atoms with Crippen molar-refractivity contribution in [3.63, 3.8) is 0 Å². The molecule has 4 heteroatoms. The van der Waals surface area contributed by atoms with Crippen LogP contribution in [0.2, 0.25) is 5.02 Å². The molecule has 20 heavy (non-hydrogen) atoms. The number of halogens is 2. The summed E-state index contributed by atoms with van der Waals surface area (Å²) in [4.78, 5) is 0. The van der Waals surface area contributed by atoms with Crippen LogP contribution in [-0.4, -0.2) is 25.3 Å². The number of ether oxygens (including phenoxy) is 1. The van der Waals surface area contributed by atoms with Gasteiger partial charge in [0.2, 0.25) is 0 Å². The highest BCUT2D eigenvalue weighted by Gasteiger charge is 2.41. The van der Waals surface area contributed by atoms with Crippen LogP contribution in [-0.2, 0) is 11.2 Å². The smallest absolute Gasteiger partial charge is 0.142 e. The minimum atomic E-state index is -0.345. The zero-order valence-corrected chi connectivity index (χ0v) is 13.1. The number of hydrogen-bond donors (Lipinski definition) is 1. The van der Waals surface area contributed by atoms with E-state index in [0.29, 0.717) is 6.04 Å². The van der Waals surface area contributed by atoms with Crippen LogP contribution in [0.15, 0.2) is 18.2 Å². The van der Waals surface area contributed by atoms with E-state index in [4.69, 9.17) is 16.3 Å². The van der Waals surface area contributed by atoms with Gasteiger partial charge in [-0.15, -0.1) is 0 Å². The van der Waals surface area contributed by atoms with Gasteiger partial charge in [-0.2, -0.15) is 0 Å². The van der Waals surface area contributed by atoms with Crippen molar-refractivity contribution in [2.24, 2.45) is 5.41 Å². The molecule has 112 valence electrons. The quantitative estimate of drug-likeness (QED) is 0.892. The van der Waals surface area contributed by atoms with Crippen molar-refractivity contribution in [3.05, 3.63) is 34.6 Å². The van der Waals surface area contributed by atoms with Crippen molar-refractivity contribution >= 4 is 11.6 Å². The molecule has 1 aromatic rings. The Bertz CT molecular complexity index is 466. The van der Waals surface area contributed by atoms with Crippen LogP contribution in [0.4, 0.5) is 4.39 Å². The lowest BCUT2D eigenvalue weighted by molar-refractivity contribution is 0.0620. The standard InChI is InChI=1S/C16H23ClFNO/c1-11(2)19-10-16(6-7-20-12(16)3)9-13-4-5-14(17)15(18)8-13/h4-5,8,11-12,19H,6-7,9-10H2,1-3H3. The molecule has 0 spiro atoms. The Kier molecular flexibility index (Phi) is 5.05. The molecule has 0 aliphatic carbocycles.